The number of amides is 2. The van der Waals surface area contributed by atoms with Crippen LogP contribution in [0.25, 0.3) is 10.8 Å². The molecule has 9 heteroatoms. The minimum absolute atomic E-state index is 0.213. The first-order valence-electron chi connectivity index (χ1n) is 14.5. The van der Waals surface area contributed by atoms with Crippen LogP contribution >= 0.6 is 0 Å². The van der Waals surface area contributed by atoms with Gasteiger partial charge in [-0.15, -0.1) is 0 Å². The second kappa shape index (κ2) is 10.1. The fourth-order valence-corrected chi connectivity index (χ4v) is 7.29. The van der Waals surface area contributed by atoms with Gasteiger partial charge in [0.1, 0.15) is 0 Å². The molecule has 41 heavy (non-hydrogen) atoms. The van der Waals surface area contributed by atoms with Gasteiger partial charge in [-0.3, -0.25) is 9.59 Å². The van der Waals surface area contributed by atoms with Gasteiger partial charge < -0.3 is 14.4 Å². The smallest absolute Gasteiger partial charge is 0.240 e. The summed E-state index contributed by atoms with van der Waals surface area (Å²) in [6, 6.07) is 14.9. The number of nitriles is 1. The minimum atomic E-state index is -0.783. The summed E-state index contributed by atoms with van der Waals surface area (Å²) in [7, 11) is 0. The molecule has 4 atom stereocenters. The first kappa shape index (κ1) is 27.2. The lowest BCUT2D eigenvalue weighted by atomic mass is 9.66. The zero-order valence-electron chi connectivity index (χ0n) is 24.0. The quantitative estimate of drug-likeness (QED) is 0.343. The van der Waals surface area contributed by atoms with Gasteiger partial charge in [0.2, 0.25) is 23.6 Å². The normalized spacial score (nSPS) is 26.5. The van der Waals surface area contributed by atoms with E-state index >= 15 is 0 Å². The molecular formula is C32H35N5O4. The Labute approximate surface area is 240 Å². The average molecular weight is 554 g/mol. The monoisotopic (exact) mass is 553 g/mol. The van der Waals surface area contributed by atoms with Crippen LogP contribution in [0.3, 0.4) is 0 Å². The molecular weight excluding hydrogens is 518 g/mol. The molecule has 3 aromatic rings. The minimum Gasteiger partial charge on any atom is -0.477 e. The largest absolute Gasteiger partial charge is 0.477 e. The van der Waals surface area contributed by atoms with Crippen molar-refractivity contribution in [2.24, 2.45) is 11.8 Å². The Morgan fingerprint density at radius 2 is 1.71 bits per heavy atom. The highest BCUT2D eigenvalue weighted by atomic mass is 16.5. The first-order valence-corrected chi connectivity index (χ1v) is 14.5. The number of aromatic nitrogens is 2. The summed E-state index contributed by atoms with van der Waals surface area (Å²) in [6.45, 7) is 9.96. The van der Waals surface area contributed by atoms with Gasteiger partial charge in [0.25, 0.3) is 0 Å². The Bertz CT molecular complexity index is 1580. The highest BCUT2D eigenvalue weighted by Gasteiger charge is 2.74. The summed E-state index contributed by atoms with van der Waals surface area (Å²) in [6.07, 6.45) is 2.54. The lowest BCUT2D eigenvalue weighted by Gasteiger charge is -2.31. The maximum Gasteiger partial charge on any atom is 0.240 e. The van der Waals surface area contributed by atoms with Gasteiger partial charge in [0, 0.05) is 42.0 Å². The van der Waals surface area contributed by atoms with Crippen LogP contribution < -0.4 is 14.5 Å². The fourth-order valence-electron chi connectivity index (χ4n) is 7.29. The topological polar surface area (TPSA) is 109 Å². The second-order valence-electron chi connectivity index (χ2n) is 11.3. The van der Waals surface area contributed by atoms with Crippen molar-refractivity contribution < 1.29 is 19.1 Å². The maximum absolute atomic E-state index is 14.2. The number of imide groups is 1. The Morgan fingerprint density at radius 3 is 2.39 bits per heavy atom. The molecule has 3 aliphatic rings. The Balaban J connectivity index is 1.30. The van der Waals surface area contributed by atoms with Crippen LogP contribution in [0, 0.1) is 30.1 Å². The molecule has 3 saturated heterocycles. The van der Waals surface area contributed by atoms with E-state index in [1.54, 1.807) is 12.1 Å². The molecule has 3 fully saturated rings. The van der Waals surface area contributed by atoms with Crippen molar-refractivity contribution >= 4 is 34.2 Å². The molecule has 0 N–H and O–H groups in total. The number of benzene rings is 2. The van der Waals surface area contributed by atoms with Crippen LogP contribution in [0.2, 0.25) is 0 Å². The maximum atomic E-state index is 14.2. The lowest BCUT2D eigenvalue weighted by molar-refractivity contribution is -0.132. The summed E-state index contributed by atoms with van der Waals surface area (Å²) in [5, 5.41) is 11.1. The molecule has 9 nitrogen and oxygen atoms in total. The zero-order valence-corrected chi connectivity index (χ0v) is 24.0. The standard InChI is InChI=1S/C32H35N5O4/c1-5-31-14-15-32(41-31,16-17-40-25-18-20(4)34-30(35-25)36(6-2)7-3)27-26(31)28(38)37(29(27)39)24-13-12-21(19-33)22-10-8-9-11-23(22)24/h8-13,18,26-27H,5-7,14-17H2,1-4H3/t26-,27+,31-,32-/m1/s1. The van der Waals surface area contributed by atoms with Crippen molar-refractivity contribution in [2.75, 3.05) is 29.5 Å². The van der Waals surface area contributed by atoms with Gasteiger partial charge in [-0.05, 0) is 52.2 Å². The summed E-state index contributed by atoms with van der Waals surface area (Å²) >= 11 is 0. The van der Waals surface area contributed by atoms with Gasteiger partial charge in [-0.2, -0.15) is 10.2 Å². The molecule has 0 unspecified atom stereocenters. The number of hydrogen-bond donors (Lipinski definition) is 0. The third kappa shape index (κ3) is 4.07. The zero-order chi connectivity index (χ0) is 28.9. The average Bonchev–Trinajstić information content (AvgIpc) is 3.59. The van der Waals surface area contributed by atoms with Crippen molar-refractivity contribution in [3.8, 4) is 11.9 Å². The SMILES string of the molecule is CCN(CC)c1nc(C)cc(OCC[C@@]23CC[C@@](CC)(O2)[C@H]2C(=O)N(c4ccc(C#N)c5ccccc45)C(=O)[C@H]23)n1. The molecule has 1 aromatic heterocycles. The number of aryl methyl sites for hydroxylation is 1. The van der Waals surface area contributed by atoms with Gasteiger partial charge in [0.15, 0.2) is 0 Å². The summed E-state index contributed by atoms with van der Waals surface area (Å²) < 4.78 is 12.9. The van der Waals surface area contributed by atoms with Gasteiger partial charge >= 0.3 is 0 Å². The third-order valence-corrected chi connectivity index (χ3v) is 9.32. The molecule has 0 spiro atoms. The van der Waals surface area contributed by atoms with E-state index in [0.29, 0.717) is 54.3 Å². The van der Waals surface area contributed by atoms with E-state index in [1.807, 2.05) is 44.2 Å². The number of carbonyl (C=O) groups excluding carboxylic acids is 2. The van der Waals surface area contributed by atoms with Crippen molar-refractivity contribution in [2.45, 2.75) is 64.6 Å². The van der Waals surface area contributed by atoms with Crippen molar-refractivity contribution in [3.63, 3.8) is 0 Å². The molecule has 6 rings (SSSR count). The number of anilines is 2. The highest BCUT2D eigenvalue weighted by molar-refractivity contribution is 6.26. The van der Waals surface area contributed by atoms with E-state index < -0.39 is 23.0 Å². The van der Waals surface area contributed by atoms with Crippen LogP contribution in [0.15, 0.2) is 42.5 Å². The number of carbonyl (C=O) groups is 2. The molecule has 2 aromatic carbocycles. The van der Waals surface area contributed by atoms with E-state index in [0.717, 1.165) is 30.6 Å². The lowest BCUT2D eigenvalue weighted by Crippen LogP contribution is -2.43. The van der Waals surface area contributed by atoms with Crippen LogP contribution in [-0.4, -0.2) is 52.7 Å². The second-order valence-corrected chi connectivity index (χ2v) is 11.3. The first-order chi connectivity index (χ1) is 19.8. The molecule has 3 aliphatic heterocycles. The molecule has 0 aliphatic carbocycles. The van der Waals surface area contributed by atoms with Gasteiger partial charge in [0.05, 0.1) is 47.0 Å². The van der Waals surface area contributed by atoms with E-state index in [4.69, 9.17) is 9.47 Å². The number of hydrogen-bond acceptors (Lipinski definition) is 8. The van der Waals surface area contributed by atoms with Crippen molar-refractivity contribution in [3.05, 3.63) is 53.7 Å². The third-order valence-electron chi connectivity index (χ3n) is 9.32. The van der Waals surface area contributed by atoms with Gasteiger partial charge in [-0.25, -0.2) is 9.88 Å². The molecule has 0 radical (unpaired) electrons. The Kier molecular flexibility index (Phi) is 6.69. The predicted octanol–water partition coefficient (Wildman–Crippen LogP) is 4.94. The van der Waals surface area contributed by atoms with E-state index in [9.17, 15) is 14.9 Å². The number of nitrogens with zero attached hydrogens (tertiary/aromatic N) is 5. The van der Waals surface area contributed by atoms with Crippen LogP contribution in [-0.2, 0) is 14.3 Å². The Hall–Kier alpha value is -4.03. The highest BCUT2D eigenvalue weighted by Crippen LogP contribution is 2.63. The Morgan fingerprint density at radius 1 is 1.02 bits per heavy atom. The summed E-state index contributed by atoms with van der Waals surface area (Å²) in [5.74, 6) is -0.447. The predicted molar refractivity (Wildman–Crippen MR) is 155 cm³/mol. The van der Waals surface area contributed by atoms with Gasteiger partial charge in [-0.1, -0.05) is 31.2 Å². The summed E-state index contributed by atoms with van der Waals surface area (Å²) in [5.41, 5.74) is 0.404. The molecule has 0 saturated carbocycles. The van der Waals surface area contributed by atoms with Crippen molar-refractivity contribution in [1.82, 2.24) is 9.97 Å². The van der Waals surface area contributed by atoms with Crippen molar-refractivity contribution in [1.29, 1.82) is 5.26 Å². The van der Waals surface area contributed by atoms with Crippen LogP contribution in [0.5, 0.6) is 5.88 Å². The fraction of sp³-hybridized carbons (Fsp3) is 0.469. The molecule has 4 heterocycles. The van der Waals surface area contributed by atoms with E-state index in [-0.39, 0.29) is 11.8 Å². The molecule has 2 amide bonds. The molecule has 2 bridgehead atoms. The van der Waals surface area contributed by atoms with Crippen LogP contribution in [0.1, 0.15) is 57.7 Å². The summed E-state index contributed by atoms with van der Waals surface area (Å²) in [4.78, 5) is 40.9. The van der Waals surface area contributed by atoms with E-state index in [2.05, 4.69) is 34.8 Å². The number of rotatable bonds is 9. The molecule has 212 valence electrons. The van der Waals surface area contributed by atoms with E-state index in [1.165, 1.54) is 4.90 Å². The number of ether oxygens (including phenoxy) is 2. The van der Waals surface area contributed by atoms with Crippen LogP contribution in [0.4, 0.5) is 11.6 Å². The number of fused-ring (bicyclic) bond motifs is 6.